The lowest BCUT2D eigenvalue weighted by Gasteiger charge is -2.24. The molecule has 6 heteroatoms. The van der Waals surface area contributed by atoms with Gasteiger partial charge in [0.25, 0.3) is 0 Å². The van der Waals surface area contributed by atoms with Crippen molar-refractivity contribution in [2.45, 2.75) is 26.4 Å². The Morgan fingerprint density at radius 2 is 1.93 bits per heavy atom. The Balaban J connectivity index is 4.81. The molecule has 0 bridgehead atoms. The highest BCUT2D eigenvalue weighted by molar-refractivity contribution is 7.88. The highest BCUT2D eigenvalue weighted by atomic mass is 32.2. The van der Waals surface area contributed by atoms with E-state index in [1.807, 2.05) is 0 Å². The molecule has 0 aliphatic rings. The molecule has 0 spiro atoms. The molecule has 0 aromatic heterocycles. The van der Waals surface area contributed by atoms with Crippen LogP contribution in [-0.4, -0.2) is 37.2 Å². The van der Waals surface area contributed by atoms with Gasteiger partial charge >= 0.3 is 6.09 Å². The maximum Gasteiger partial charge on any atom is 0.424 e. The van der Waals surface area contributed by atoms with Crippen molar-refractivity contribution < 1.29 is 17.9 Å². The highest BCUT2D eigenvalue weighted by Gasteiger charge is 2.27. The molecule has 0 heterocycles. The molecule has 0 N–H and O–H groups in total. The van der Waals surface area contributed by atoms with Crippen molar-refractivity contribution in [3.63, 3.8) is 0 Å². The van der Waals surface area contributed by atoms with Gasteiger partial charge in [-0.25, -0.2) is 17.5 Å². The molecule has 88 valence electrons. The summed E-state index contributed by atoms with van der Waals surface area (Å²) >= 11 is 0. The van der Waals surface area contributed by atoms with Crippen LogP contribution in [0.15, 0.2) is 12.7 Å². The molecule has 0 saturated heterocycles. The molecular formula is C9H17NO4S. The second kappa shape index (κ2) is 4.65. The molecule has 0 fully saturated rings. The quantitative estimate of drug-likeness (QED) is 0.693. The van der Waals surface area contributed by atoms with E-state index in [0.29, 0.717) is 4.31 Å². The molecule has 0 saturated carbocycles. The van der Waals surface area contributed by atoms with E-state index < -0.39 is 21.7 Å². The molecule has 0 aromatic rings. The van der Waals surface area contributed by atoms with Gasteiger partial charge in [-0.1, -0.05) is 6.08 Å². The van der Waals surface area contributed by atoms with E-state index >= 15 is 0 Å². The number of ether oxygens (including phenoxy) is 1. The van der Waals surface area contributed by atoms with Crippen LogP contribution >= 0.6 is 0 Å². The first-order chi connectivity index (χ1) is 6.58. The fraction of sp³-hybridized carbons (Fsp3) is 0.667. The molecule has 5 nitrogen and oxygen atoms in total. The number of rotatable bonds is 3. The average Bonchev–Trinajstić information content (AvgIpc) is 1.93. The Bertz CT molecular complexity index is 340. The van der Waals surface area contributed by atoms with E-state index in [-0.39, 0.29) is 6.54 Å². The zero-order valence-corrected chi connectivity index (χ0v) is 10.3. The summed E-state index contributed by atoms with van der Waals surface area (Å²) in [7, 11) is -3.61. The van der Waals surface area contributed by atoms with Crippen molar-refractivity contribution in [3.8, 4) is 0 Å². The summed E-state index contributed by atoms with van der Waals surface area (Å²) < 4.78 is 28.0. The first kappa shape index (κ1) is 14.0. The number of amides is 1. The monoisotopic (exact) mass is 235 g/mol. The van der Waals surface area contributed by atoms with Gasteiger partial charge in [-0.2, -0.15) is 0 Å². The number of carbonyl (C=O) groups excluding carboxylic acids is 1. The Morgan fingerprint density at radius 3 is 2.20 bits per heavy atom. The van der Waals surface area contributed by atoms with E-state index in [1.54, 1.807) is 20.8 Å². The first-order valence-corrected chi connectivity index (χ1v) is 6.24. The van der Waals surface area contributed by atoms with E-state index in [2.05, 4.69) is 6.58 Å². The lowest BCUT2D eigenvalue weighted by molar-refractivity contribution is 0.0405. The summed E-state index contributed by atoms with van der Waals surface area (Å²) in [6.07, 6.45) is 1.38. The van der Waals surface area contributed by atoms with Gasteiger partial charge in [0, 0.05) is 0 Å². The second-order valence-corrected chi connectivity index (χ2v) is 5.97. The molecule has 0 atom stereocenters. The first-order valence-electron chi connectivity index (χ1n) is 4.39. The van der Waals surface area contributed by atoms with Gasteiger partial charge < -0.3 is 4.74 Å². The minimum atomic E-state index is -3.61. The zero-order valence-electron chi connectivity index (χ0n) is 9.48. The van der Waals surface area contributed by atoms with Crippen LogP contribution in [0.25, 0.3) is 0 Å². The van der Waals surface area contributed by atoms with Gasteiger partial charge in [0.2, 0.25) is 10.0 Å². The summed E-state index contributed by atoms with van der Waals surface area (Å²) in [5, 5.41) is 0. The largest absolute Gasteiger partial charge is 0.443 e. The van der Waals surface area contributed by atoms with Crippen molar-refractivity contribution in [1.82, 2.24) is 4.31 Å². The minimum absolute atomic E-state index is 0.0895. The van der Waals surface area contributed by atoms with Crippen molar-refractivity contribution >= 4 is 16.1 Å². The number of hydrogen-bond donors (Lipinski definition) is 0. The topological polar surface area (TPSA) is 63.7 Å². The highest BCUT2D eigenvalue weighted by Crippen LogP contribution is 2.11. The van der Waals surface area contributed by atoms with Gasteiger partial charge in [-0.05, 0) is 20.8 Å². The summed E-state index contributed by atoms with van der Waals surface area (Å²) in [4.78, 5) is 11.5. The zero-order chi connectivity index (χ0) is 12.3. The minimum Gasteiger partial charge on any atom is -0.443 e. The van der Waals surface area contributed by atoms with Crippen LogP contribution in [0, 0.1) is 0 Å². The predicted octanol–water partition coefficient (Wildman–Crippen LogP) is 1.37. The summed E-state index contributed by atoms with van der Waals surface area (Å²) in [6.45, 7) is 8.29. The fourth-order valence-corrected chi connectivity index (χ4v) is 1.46. The Kier molecular flexibility index (Phi) is 4.33. The lowest BCUT2D eigenvalue weighted by atomic mass is 10.2. The van der Waals surface area contributed by atoms with Gasteiger partial charge in [0.05, 0.1) is 12.8 Å². The van der Waals surface area contributed by atoms with Gasteiger partial charge in [-0.3, -0.25) is 0 Å². The number of carbonyl (C=O) groups is 1. The molecule has 0 rings (SSSR count). The van der Waals surface area contributed by atoms with Crippen LogP contribution in [0.2, 0.25) is 0 Å². The molecule has 15 heavy (non-hydrogen) atoms. The van der Waals surface area contributed by atoms with Crippen LogP contribution in [-0.2, 0) is 14.8 Å². The summed E-state index contributed by atoms with van der Waals surface area (Å²) in [6, 6.07) is 0. The van der Waals surface area contributed by atoms with E-state index in [9.17, 15) is 13.2 Å². The normalized spacial score (nSPS) is 12.0. The van der Waals surface area contributed by atoms with Crippen LogP contribution < -0.4 is 0 Å². The van der Waals surface area contributed by atoms with Crippen LogP contribution in [0.1, 0.15) is 20.8 Å². The number of hydrogen-bond acceptors (Lipinski definition) is 4. The van der Waals surface area contributed by atoms with E-state index in [0.717, 1.165) is 6.26 Å². The van der Waals surface area contributed by atoms with Crippen molar-refractivity contribution in [3.05, 3.63) is 12.7 Å². The predicted molar refractivity (Wildman–Crippen MR) is 58.0 cm³/mol. The standard InChI is InChI=1S/C9H17NO4S/c1-6-7-10(15(5,12)13)8(11)14-9(2,3)4/h6H,1,7H2,2-5H3. The van der Waals surface area contributed by atoms with E-state index in [1.165, 1.54) is 6.08 Å². The Hall–Kier alpha value is -1.04. The third-order valence-electron chi connectivity index (χ3n) is 1.29. The number of sulfonamides is 1. The molecule has 0 unspecified atom stereocenters. The fourth-order valence-electron chi connectivity index (χ4n) is 0.775. The molecule has 1 amide bonds. The van der Waals surface area contributed by atoms with Crippen LogP contribution in [0.4, 0.5) is 4.79 Å². The molecule has 0 aliphatic carbocycles. The van der Waals surface area contributed by atoms with Crippen molar-refractivity contribution in [1.29, 1.82) is 0 Å². The maximum atomic E-state index is 11.5. The summed E-state index contributed by atoms with van der Waals surface area (Å²) in [5.41, 5.74) is -0.721. The molecular weight excluding hydrogens is 218 g/mol. The lowest BCUT2D eigenvalue weighted by Crippen LogP contribution is -2.40. The van der Waals surface area contributed by atoms with Crippen LogP contribution in [0.3, 0.4) is 0 Å². The molecule has 0 aliphatic heterocycles. The molecule has 0 radical (unpaired) electrons. The average molecular weight is 235 g/mol. The Labute approximate surface area is 90.8 Å². The van der Waals surface area contributed by atoms with Gasteiger partial charge in [0.15, 0.2) is 0 Å². The molecule has 0 aromatic carbocycles. The van der Waals surface area contributed by atoms with Gasteiger partial charge in [-0.15, -0.1) is 6.58 Å². The SMILES string of the molecule is C=CCN(C(=O)OC(C)(C)C)S(C)(=O)=O. The Morgan fingerprint density at radius 1 is 1.47 bits per heavy atom. The van der Waals surface area contributed by atoms with Crippen LogP contribution in [0.5, 0.6) is 0 Å². The smallest absolute Gasteiger partial charge is 0.424 e. The third kappa shape index (κ3) is 5.41. The summed E-state index contributed by atoms with van der Waals surface area (Å²) in [5.74, 6) is 0. The van der Waals surface area contributed by atoms with Gasteiger partial charge in [0.1, 0.15) is 5.60 Å². The second-order valence-electron chi connectivity index (χ2n) is 4.06. The van der Waals surface area contributed by atoms with E-state index in [4.69, 9.17) is 4.74 Å². The number of nitrogens with zero attached hydrogens (tertiary/aromatic N) is 1. The van der Waals surface area contributed by atoms with Crippen molar-refractivity contribution in [2.24, 2.45) is 0 Å². The maximum absolute atomic E-state index is 11.5. The third-order valence-corrected chi connectivity index (χ3v) is 2.39. The van der Waals surface area contributed by atoms with Crippen molar-refractivity contribution in [2.75, 3.05) is 12.8 Å².